The van der Waals surface area contributed by atoms with Crippen LogP contribution in [0.1, 0.15) is 17.1 Å². The maximum Gasteiger partial charge on any atom is 0.259 e. The van der Waals surface area contributed by atoms with E-state index in [-0.39, 0.29) is 5.56 Å². The standard InChI is InChI=1S/C26H23N5O3/c1-15-25(16(2)34-30-15)21-11-18-10-20(17-7-8-24(27)29-13-17)26(32)31(22(18)12-23(21)33-3)14-19-6-4-5-9-28-19/h4-13H,14H2,1-3H3,(H2,27,29). The molecule has 8 heteroatoms. The number of rotatable bonds is 5. The number of fused-ring (bicyclic) bond motifs is 1. The van der Waals surface area contributed by atoms with Gasteiger partial charge in [-0.2, -0.15) is 0 Å². The van der Waals surface area contributed by atoms with Gasteiger partial charge in [0.15, 0.2) is 0 Å². The van der Waals surface area contributed by atoms with Crippen molar-refractivity contribution in [2.75, 3.05) is 12.8 Å². The maximum atomic E-state index is 13.7. The van der Waals surface area contributed by atoms with Crippen molar-refractivity contribution in [3.63, 3.8) is 0 Å². The van der Waals surface area contributed by atoms with Gasteiger partial charge >= 0.3 is 0 Å². The van der Waals surface area contributed by atoms with Gasteiger partial charge in [0, 0.05) is 35.2 Å². The number of pyridine rings is 3. The predicted molar refractivity (Wildman–Crippen MR) is 131 cm³/mol. The van der Waals surface area contributed by atoms with Crippen molar-refractivity contribution in [2.45, 2.75) is 20.4 Å². The molecule has 170 valence electrons. The van der Waals surface area contributed by atoms with Crippen LogP contribution in [-0.2, 0) is 6.54 Å². The summed E-state index contributed by atoms with van der Waals surface area (Å²) in [6.45, 7) is 4.07. The fourth-order valence-electron chi connectivity index (χ4n) is 4.22. The lowest BCUT2D eigenvalue weighted by molar-refractivity contribution is 0.393. The molecule has 0 aliphatic rings. The van der Waals surface area contributed by atoms with Crippen molar-refractivity contribution in [1.82, 2.24) is 19.7 Å². The highest BCUT2D eigenvalue weighted by Crippen LogP contribution is 2.38. The third kappa shape index (κ3) is 3.69. The molecular formula is C26H23N5O3. The molecule has 0 radical (unpaired) electrons. The second-order valence-electron chi connectivity index (χ2n) is 8.05. The summed E-state index contributed by atoms with van der Waals surface area (Å²) in [5.41, 5.74) is 10.8. The van der Waals surface area contributed by atoms with E-state index in [1.165, 1.54) is 0 Å². The summed E-state index contributed by atoms with van der Waals surface area (Å²) in [7, 11) is 1.61. The van der Waals surface area contributed by atoms with Crippen molar-refractivity contribution in [3.8, 4) is 28.0 Å². The summed E-state index contributed by atoms with van der Waals surface area (Å²) in [6.07, 6.45) is 3.33. The zero-order valence-electron chi connectivity index (χ0n) is 19.1. The highest BCUT2D eigenvalue weighted by Gasteiger charge is 2.20. The van der Waals surface area contributed by atoms with E-state index in [1.807, 2.05) is 50.2 Å². The van der Waals surface area contributed by atoms with Crippen molar-refractivity contribution < 1.29 is 9.26 Å². The van der Waals surface area contributed by atoms with Gasteiger partial charge in [0.1, 0.15) is 17.3 Å². The van der Waals surface area contributed by atoms with Crippen molar-refractivity contribution in [2.24, 2.45) is 0 Å². The highest BCUT2D eigenvalue weighted by molar-refractivity contribution is 5.92. The summed E-state index contributed by atoms with van der Waals surface area (Å²) < 4.78 is 12.8. The molecule has 0 saturated carbocycles. The van der Waals surface area contributed by atoms with Crippen molar-refractivity contribution >= 4 is 16.7 Å². The van der Waals surface area contributed by atoms with Crippen LogP contribution in [0.2, 0.25) is 0 Å². The Kier molecular flexibility index (Phi) is 5.33. The van der Waals surface area contributed by atoms with Gasteiger partial charge in [0.2, 0.25) is 0 Å². The fraction of sp³-hybridized carbons (Fsp3) is 0.154. The summed E-state index contributed by atoms with van der Waals surface area (Å²) in [5.74, 6) is 1.71. The number of benzene rings is 1. The van der Waals surface area contributed by atoms with Crippen LogP contribution < -0.4 is 16.0 Å². The van der Waals surface area contributed by atoms with E-state index in [9.17, 15) is 4.79 Å². The van der Waals surface area contributed by atoms with Crippen LogP contribution in [0.25, 0.3) is 33.2 Å². The van der Waals surface area contributed by atoms with E-state index in [0.717, 1.165) is 33.4 Å². The van der Waals surface area contributed by atoms with Crippen LogP contribution >= 0.6 is 0 Å². The number of nitrogen functional groups attached to an aromatic ring is 1. The Bertz CT molecular complexity index is 1530. The molecule has 0 aliphatic carbocycles. The SMILES string of the molecule is COc1cc2c(cc1-c1c(C)noc1C)cc(-c1ccc(N)nc1)c(=O)n2Cc1ccccn1. The van der Waals surface area contributed by atoms with Gasteiger partial charge in [0.05, 0.1) is 36.1 Å². The molecule has 0 unspecified atom stereocenters. The number of aryl methyl sites for hydroxylation is 2. The first kappa shape index (κ1) is 21.4. The van der Waals surface area contributed by atoms with E-state index < -0.39 is 0 Å². The molecule has 0 spiro atoms. The van der Waals surface area contributed by atoms with Gasteiger partial charge in [0.25, 0.3) is 5.56 Å². The quantitative estimate of drug-likeness (QED) is 0.421. The molecule has 5 aromatic rings. The van der Waals surface area contributed by atoms with E-state index in [1.54, 1.807) is 36.2 Å². The monoisotopic (exact) mass is 453 g/mol. The lowest BCUT2D eigenvalue weighted by Crippen LogP contribution is -2.23. The number of ether oxygens (including phenoxy) is 1. The van der Waals surface area contributed by atoms with Gasteiger partial charge < -0.3 is 19.6 Å². The highest BCUT2D eigenvalue weighted by atomic mass is 16.5. The molecule has 4 aromatic heterocycles. The Morgan fingerprint density at radius 1 is 1.06 bits per heavy atom. The summed E-state index contributed by atoms with van der Waals surface area (Å²) in [6, 6.07) is 14.9. The van der Waals surface area contributed by atoms with Crippen LogP contribution in [0.4, 0.5) is 5.82 Å². The third-order valence-corrected chi connectivity index (χ3v) is 5.86. The van der Waals surface area contributed by atoms with Gasteiger partial charge in [-0.25, -0.2) is 4.98 Å². The number of hydrogen-bond acceptors (Lipinski definition) is 7. The van der Waals surface area contributed by atoms with Gasteiger partial charge in [-0.1, -0.05) is 11.2 Å². The second-order valence-corrected chi connectivity index (χ2v) is 8.05. The second kappa shape index (κ2) is 8.47. The minimum atomic E-state index is -0.156. The van der Waals surface area contributed by atoms with E-state index in [2.05, 4.69) is 15.1 Å². The van der Waals surface area contributed by atoms with Gasteiger partial charge in [-0.3, -0.25) is 9.78 Å². The van der Waals surface area contributed by atoms with Crippen molar-refractivity contribution in [1.29, 1.82) is 0 Å². The lowest BCUT2D eigenvalue weighted by atomic mass is 9.98. The van der Waals surface area contributed by atoms with Crippen LogP contribution in [-0.4, -0.2) is 26.8 Å². The van der Waals surface area contributed by atoms with Gasteiger partial charge in [-0.05, 0) is 55.6 Å². The first-order chi connectivity index (χ1) is 16.5. The normalized spacial score (nSPS) is 11.1. The molecule has 0 amide bonds. The molecule has 0 bridgehead atoms. The Hall–Kier alpha value is -4.46. The van der Waals surface area contributed by atoms with Gasteiger partial charge in [-0.15, -0.1) is 0 Å². The molecule has 5 rings (SSSR count). The molecule has 34 heavy (non-hydrogen) atoms. The minimum absolute atomic E-state index is 0.156. The van der Waals surface area contributed by atoms with Crippen LogP contribution in [0, 0.1) is 13.8 Å². The summed E-state index contributed by atoms with van der Waals surface area (Å²) in [4.78, 5) is 22.3. The molecular weight excluding hydrogens is 430 g/mol. The predicted octanol–water partition coefficient (Wildman–Crippen LogP) is 4.37. The largest absolute Gasteiger partial charge is 0.496 e. The first-order valence-corrected chi connectivity index (χ1v) is 10.8. The van der Waals surface area contributed by atoms with Crippen molar-refractivity contribution in [3.05, 3.63) is 88.4 Å². The number of nitrogens with zero attached hydrogens (tertiary/aromatic N) is 4. The third-order valence-electron chi connectivity index (χ3n) is 5.86. The number of aromatic nitrogens is 4. The minimum Gasteiger partial charge on any atom is -0.496 e. The number of methoxy groups -OCH3 is 1. The molecule has 8 nitrogen and oxygen atoms in total. The van der Waals surface area contributed by atoms with E-state index in [0.29, 0.717) is 35.0 Å². The smallest absolute Gasteiger partial charge is 0.259 e. The van der Waals surface area contributed by atoms with Crippen LogP contribution in [0.15, 0.2) is 70.2 Å². The molecule has 0 fully saturated rings. The molecule has 0 saturated heterocycles. The molecule has 0 aliphatic heterocycles. The average molecular weight is 454 g/mol. The maximum absolute atomic E-state index is 13.7. The van der Waals surface area contributed by atoms with Crippen LogP contribution in [0.3, 0.4) is 0 Å². The Morgan fingerprint density at radius 2 is 1.88 bits per heavy atom. The zero-order valence-corrected chi connectivity index (χ0v) is 19.1. The fourth-order valence-corrected chi connectivity index (χ4v) is 4.22. The molecule has 4 heterocycles. The topological polar surface area (TPSA) is 109 Å². The lowest BCUT2D eigenvalue weighted by Gasteiger charge is -2.16. The van der Waals surface area contributed by atoms with E-state index in [4.69, 9.17) is 15.0 Å². The average Bonchev–Trinajstić information content (AvgIpc) is 3.19. The summed E-state index contributed by atoms with van der Waals surface area (Å²) >= 11 is 0. The Balaban J connectivity index is 1.82. The Labute approximate surface area is 195 Å². The molecule has 2 N–H and O–H groups in total. The van der Waals surface area contributed by atoms with Crippen LogP contribution in [0.5, 0.6) is 5.75 Å². The molecule has 1 aromatic carbocycles. The summed E-state index contributed by atoms with van der Waals surface area (Å²) in [5, 5.41) is 4.95. The zero-order chi connectivity index (χ0) is 23.8. The first-order valence-electron chi connectivity index (χ1n) is 10.8. The molecule has 0 atom stereocenters. The number of nitrogens with two attached hydrogens (primary N) is 1. The van der Waals surface area contributed by atoms with E-state index >= 15 is 0 Å². The number of anilines is 1. The Morgan fingerprint density at radius 3 is 2.53 bits per heavy atom. The number of hydrogen-bond donors (Lipinski definition) is 1.